The minimum atomic E-state index is -0.402. The summed E-state index contributed by atoms with van der Waals surface area (Å²) in [5.74, 6) is -0.180. The van der Waals surface area contributed by atoms with Gasteiger partial charge in [-0.3, -0.25) is 19.5 Å². The molecule has 0 spiro atoms. The first kappa shape index (κ1) is 12.5. The number of hydrogen-bond acceptors (Lipinski definition) is 4. The third kappa shape index (κ3) is 2.48. The first-order chi connectivity index (χ1) is 8.47. The number of aromatic nitrogens is 2. The Labute approximate surface area is 107 Å². The molecule has 0 radical (unpaired) electrons. The number of carbonyl (C=O) groups excluding carboxylic acids is 1. The van der Waals surface area contributed by atoms with Crippen molar-refractivity contribution in [3.63, 3.8) is 0 Å². The Kier molecular flexibility index (Phi) is 3.29. The minimum absolute atomic E-state index is 0.147. The average molecular weight is 264 g/mol. The molecule has 2 rings (SSSR count). The van der Waals surface area contributed by atoms with Crippen molar-refractivity contribution in [3.8, 4) is 0 Å². The van der Waals surface area contributed by atoms with Crippen LogP contribution in [0.5, 0.6) is 0 Å². The lowest BCUT2D eigenvalue weighted by molar-refractivity contribution is 0.0965. The fourth-order valence-electron chi connectivity index (χ4n) is 1.72. The molecule has 2 aromatic heterocycles. The van der Waals surface area contributed by atoms with Crippen LogP contribution in [0.4, 0.5) is 0 Å². The molecule has 0 aliphatic carbocycles. The van der Waals surface area contributed by atoms with E-state index in [9.17, 15) is 14.4 Å². The summed E-state index contributed by atoms with van der Waals surface area (Å²) in [6, 6.07) is 4.09. The van der Waals surface area contributed by atoms with E-state index in [1.165, 1.54) is 11.3 Å². The zero-order chi connectivity index (χ0) is 13.3. The van der Waals surface area contributed by atoms with Crippen LogP contribution in [0.3, 0.4) is 0 Å². The van der Waals surface area contributed by atoms with Crippen LogP contribution in [-0.2, 0) is 6.54 Å². The number of carbonyl (C=O) groups is 1. The Hall–Kier alpha value is -1.95. The van der Waals surface area contributed by atoms with Gasteiger partial charge in [0.05, 0.1) is 0 Å². The van der Waals surface area contributed by atoms with E-state index in [4.69, 9.17) is 0 Å². The summed E-state index contributed by atoms with van der Waals surface area (Å²) in [6.45, 7) is 3.64. The Morgan fingerprint density at radius 3 is 2.67 bits per heavy atom. The molecule has 0 saturated heterocycles. The van der Waals surface area contributed by atoms with Crippen molar-refractivity contribution in [1.29, 1.82) is 0 Å². The highest BCUT2D eigenvalue weighted by Crippen LogP contribution is 2.21. The van der Waals surface area contributed by atoms with E-state index >= 15 is 0 Å². The lowest BCUT2D eigenvalue weighted by Crippen LogP contribution is -2.30. The highest BCUT2D eigenvalue weighted by atomic mass is 32.1. The molecule has 0 saturated carbocycles. The summed E-state index contributed by atoms with van der Waals surface area (Å²) in [4.78, 5) is 36.6. The number of H-pyrrole nitrogens is 1. The van der Waals surface area contributed by atoms with Gasteiger partial charge in [-0.05, 0) is 19.9 Å². The molecule has 0 aliphatic heterocycles. The van der Waals surface area contributed by atoms with Crippen molar-refractivity contribution in [2.45, 2.75) is 20.4 Å². The molecule has 2 heterocycles. The monoisotopic (exact) mass is 264 g/mol. The molecule has 18 heavy (non-hydrogen) atoms. The molecule has 5 nitrogen and oxygen atoms in total. The van der Waals surface area contributed by atoms with Crippen LogP contribution in [0.15, 0.2) is 27.8 Å². The van der Waals surface area contributed by atoms with Crippen LogP contribution in [-0.4, -0.2) is 15.6 Å². The van der Waals surface area contributed by atoms with E-state index in [2.05, 4.69) is 5.10 Å². The Balaban J connectivity index is 2.32. The highest BCUT2D eigenvalue weighted by molar-refractivity contribution is 7.12. The SMILES string of the molecule is Cc1cc(C(=O)Cn2[nH]c(=O)ccc2=O)c(C)s1. The predicted octanol–water partition coefficient (Wildman–Crippen LogP) is 1.10. The third-order valence-electron chi connectivity index (χ3n) is 2.53. The van der Waals surface area contributed by atoms with Gasteiger partial charge in [-0.1, -0.05) is 0 Å². The Bertz CT molecular complexity index is 709. The molecule has 0 amide bonds. The van der Waals surface area contributed by atoms with Crippen molar-refractivity contribution in [2.24, 2.45) is 0 Å². The molecular formula is C12H12N2O3S. The van der Waals surface area contributed by atoms with Crippen LogP contribution in [0.25, 0.3) is 0 Å². The van der Waals surface area contributed by atoms with E-state index < -0.39 is 11.1 Å². The van der Waals surface area contributed by atoms with Gasteiger partial charge in [-0.25, -0.2) is 4.68 Å². The van der Waals surface area contributed by atoms with Crippen LogP contribution in [0.1, 0.15) is 20.1 Å². The van der Waals surface area contributed by atoms with Gasteiger partial charge in [-0.15, -0.1) is 11.3 Å². The summed E-state index contributed by atoms with van der Waals surface area (Å²) in [7, 11) is 0. The van der Waals surface area contributed by atoms with Crippen molar-refractivity contribution in [1.82, 2.24) is 9.78 Å². The number of hydrogen-bond donors (Lipinski definition) is 1. The zero-order valence-corrected chi connectivity index (χ0v) is 10.8. The van der Waals surface area contributed by atoms with Gasteiger partial charge >= 0.3 is 0 Å². The van der Waals surface area contributed by atoms with E-state index in [0.717, 1.165) is 26.6 Å². The van der Waals surface area contributed by atoms with E-state index in [-0.39, 0.29) is 12.3 Å². The van der Waals surface area contributed by atoms with Gasteiger partial charge in [0.1, 0.15) is 6.54 Å². The largest absolute Gasteiger partial charge is 0.292 e. The number of thiophene rings is 1. The van der Waals surface area contributed by atoms with Crippen LogP contribution in [0.2, 0.25) is 0 Å². The molecule has 0 bridgehead atoms. The summed E-state index contributed by atoms with van der Waals surface area (Å²) in [5, 5.41) is 2.33. The fourth-order valence-corrected chi connectivity index (χ4v) is 2.66. The predicted molar refractivity (Wildman–Crippen MR) is 69.4 cm³/mol. The summed E-state index contributed by atoms with van der Waals surface area (Å²) in [6.07, 6.45) is 0. The van der Waals surface area contributed by atoms with Crippen molar-refractivity contribution in [2.75, 3.05) is 0 Å². The number of Topliss-reactive ketones (excluding diaryl/α,β-unsaturated/α-hetero) is 1. The van der Waals surface area contributed by atoms with E-state index in [1.54, 1.807) is 6.07 Å². The number of aryl methyl sites for hydroxylation is 2. The molecule has 0 aliphatic rings. The van der Waals surface area contributed by atoms with Crippen molar-refractivity contribution >= 4 is 17.1 Å². The minimum Gasteiger partial charge on any atom is -0.292 e. The topological polar surface area (TPSA) is 71.9 Å². The van der Waals surface area contributed by atoms with E-state index in [0.29, 0.717) is 5.56 Å². The molecule has 94 valence electrons. The first-order valence-corrected chi connectivity index (χ1v) is 6.19. The molecule has 1 N–H and O–H groups in total. The number of nitrogens with zero attached hydrogens (tertiary/aromatic N) is 1. The normalized spacial score (nSPS) is 10.6. The lowest BCUT2D eigenvalue weighted by atomic mass is 10.1. The van der Waals surface area contributed by atoms with Crippen molar-refractivity contribution in [3.05, 3.63) is 54.2 Å². The zero-order valence-electron chi connectivity index (χ0n) is 10.0. The molecule has 0 unspecified atom stereocenters. The molecular weight excluding hydrogens is 252 g/mol. The average Bonchev–Trinajstić information content (AvgIpc) is 2.63. The van der Waals surface area contributed by atoms with Crippen molar-refractivity contribution < 1.29 is 4.79 Å². The van der Waals surface area contributed by atoms with Gasteiger partial charge < -0.3 is 0 Å². The first-order valence-electron chi connectivity index (χ1n) is 5.38. The standard InChI is InChI=1S/C12H12N2O3S/c1-7-5-9(8(2)18-7)10(15)6-14-12(17)4-3-11(16)13-14/h3-5H,6H2,1-2H3,(H,13,16). The number of rotatable bonds is 3. The van der Waals surface area contributed by atoms with Crippen LogP contribution in [0, 0.1) is 13.8 Å². The second kappa shape index (κ2) is 4.73. The third-order valence-corrected chi connectivity index (χ3v) is 3.50. The van der Waals surface area contributed by atoms with E-state index in [1.807, 2.05) is 13.8 Å². The molecule has 0 aromatic carbocycles. The summed E-state index contributed by atoms with van der Waals surface area (Å²) < 4.78 is 1.02. The van der Waals surface area contributed by atoms with Gasteiger partial charge in [0.15, 0.2) is 5.78 Å². The second-order valence-electron chi connectivity index (χ2n) is 3.98. The second-order valence-corrected chi connectivity index (χ2v) is 5.44. The summed E-state index contributed by atoms with van der Waals surface area (Å²) >= 11 is 1.54. The number of nitrogens with one attached hydrogen (secondary N) is 1. The smallest absolute Gasteiger partial charge is 0.265 e. The number of ketones is 1. The maximum atomic E-state index is 12.0. The van der Waals surface area contributed by atoms with Gasteiger partial charge in [0.25, 0.3) is 11.1 Å². The Morgan fingerprint density at radius 2 is 2.06 bits per heavy atom. The van der Waals surface area contributed by atoms with Gasteiger partial charge in [-0.2, -0.15) is 0 Å². The van der Waals surface area contributed by atoms with Gasteiger partial charge in [0, 0.05) is 27.5 Å². The molecule has 0 atom stereocenters. The highest BCUT2D eigenvalue weighted by Gasteiger charge is 2.13. The quantitative estimate of drug-likeness (QED) is 0.844. The van der Waals surface area contributed by atoms with Crippen LogP contribution >= 0.6 is 11.3 Å². The fraction of sp³-hybridized carbons (Fsp3) is 0.250. The van der Waals surface area contributed by atoms with Crippen LogP contribution < -0.4 is 11.1 Å². The summed E-state index contributed by atoms with van der Waals surface area (Å²) in [5.41, 5.74) is -0.192. The maximum Gasteiger partial charge on any atom is 0.265 e. The molecule has 0 fully saturated rings. The molecule has 2 aromatic rings. The Morgan fingerprint density at radius 1 is 1.33 bits per heavy atom. The maximum absolute atomic E-state index is 12.0. The van der Waals surface area contributed by atoms with Gasteiger partial charge in [0.2, 0.25) is 0 Å². The molecule has 6 heteroatoms. The number of aromatic amines is 1. The lowest BCUT2D eigenvalue weighted by Gasteiger charge is -2.03.